The summed E-state index contributed by atoms with van der Waals surface area (Å²) >= 11 is 0. The van der Waals surface area contributed by atoms with Crippen LogP contribution in [0.25, 0.3) is 0 Å². The van der Waals surface area contributed by atoms with E-state index in [1.54, 1.807) is 0 Å². The van der Waals surface area contributed by atoms with Crippen molar-refractivity contribution in [1.29, 1.82) is 0 Å². The number of carbonyl (C=O) groups excluding carboxylic acids is 2. The number of ether oxygens (including phenoxy) is 2. The lowest BCUT2D eigenvalue weighted by Crippen LogP contribution is -2.35. The zero-order valence-electron chi connectivity index (χ0n) is 21.7. The van der Waals surface area contributed by atoms with Crippen LogP contribution in [0.5, 0.6) is 0 Å². The number of esters is 2. The summed E-state index contributed by atoms with van der Waals surface area (Å²) < 4.78 is 11.2. The first-order valence-corrected chi connectivity index (χ1v) is 12.2. The minimum absolute atomic E-state index is 0.251. The monoisotopic (exact) mass is 436 g/mol. The van der Waals surface area contributed by atoms with Crippen LogP contribution < -0.4 is 0 Å². The summed E-state index contributed by atoms with van der Waals surface area (Å²) in [4.78, 5) is 25.6. The topological polar surface area (TPSA) is 52.6 Å². The Morgan fingerprint density at radius 2 is 1.29 bits per heavy atom. The van der Waals surface area contributed by atoms with Crippen molar-refractivity contribution in [2.45, 2.75) is 101 Å². The van der Waals surface area contributed by atoms with Crippen LogP contribution in [0.15, 0.2) is 11.6 Å². The van der Waals surface area contributed by atoms with Crippen LogP contribution in [0.2, 0.25) is 0 Å². The Morgan fingerprint density at radius 3 is 1.71 bits per heavy atom. The highest BCUT2D eigenvalue weighted by Crippen LogP contribution is 2.32. The average Bonchev–Trinajstić information content (AvgIpc) is 2.58. The largest absolute Gasteiger partial charge is 0.465 e. The highest BCUT2D eigenvalue weighted by molar-refractivity contribution is 5.83. The third kappa shape index (κ3) is 11.8. The molecule has 0 radical (unpaired) electrons. The standard InChI is InChI=1S/C27H48O4/c1-19-10-11-22(24(28)30-14-12-20(2)17-26(4,5)6)23(16-19)25(29)31-15-13-21(3)18-27(7,8)9/h10,20-23H,11-18H2,1-9H3. The fraction of sp³-hybridized carbons (Fsp3) is 0.852. The van der Waals surface area contributed by atoms with Crippen molar-refractivity contribution in [3.05, 3.63) is 11.6 Å². The van der Waals surface area contributed by atoms with Gasteiger partial charge < -0.3 is 9.47 Å². The van der Waals surface area contributed by atoms with Crippen LogP contribution in [-0.2, 0) is 19.1 Å². The van der Waals surface area contributed by atoms with Crippen LogP contribution in [-0.4, -0.2) is 25.2 Å². The molecule has 1 aliphatic rings. The zero-order chi connectivity index (χ0) is 23.8. The molecule has 0 heterocycles. The summed E-state index contributed by atoms with van der Waals surface area (Å²) in [5, 5.41) is 0. The van der Waals surface area contributed by atoms with Gasteiger partial charge >= 0.3 is 11.9 Å². The number of hydrogen-bond acceptors (Lipinski definition) is 4. The number of rotatable bonds is 10. The molecule has 0 spiro atoms. The van der Waals surface area contributed by atoms with Crippen molar-refractivity contribution in [2.24, 2.45) is 34.5 Å². The summed E-state index contributed by atoms with van der Waals surface area (Å²) in [6, 6.07) is 0. The first-order valence-electron chi connectivity index (χ1n) is 12.2. The van der Waals surface area contributed by atoms with E-state index in [4.69, 9.17) is 9.47 Å². The molecule has 0 aromatic heterocycles. The van der Waals surface area contributed by atoms with E-state index in [0.717, 1.165) is 31.3 Å². The quantitative estimate of drug-likeness (QED) is 0.274. The minimum Gasteiger partial charge on any atom is -0.465 e. The third-order valence-electron chi connectivity index (χ3n) is 5.98. The SMILES string of the molecule is CC1=CCC(C(=O)OCCC(C)CC(C)(C)C)C(C(=O)OCCC(C)CC(C)(C)C)C1. The lowest BCUT2D eigenvalue weighted by Gasteiger charge is -2.28. The summed E-state index contributed by atoms with van der Waals surface area (Å²) in [5.74, 6) is -0.370. The van der Waals surface area contributed by atoms with Gasteiger partial charge in [-0.2, -0.15) is 0 Å². The zero-order valence-corrected chi connectivity index (χ0v) is 21.7. The Morgan fingerprint density at radius 1 is 0.871 bits per heavy atom. The number of carbonyl (C=O) groups is 2. The third-order valence-corrected chi connectivity index (χ3v) is 5.98. The van der Waals surface area contributed by atoms with Gasteiger partial charge in [0.1, 0.15) is 0 Å². The molecule has 4 atom stereocenters. The molecule has 1 aliphatic carbocycles. The summed E-state index contributed by atoms with van der Waals surface area (Å²) in [7, 11) is 0. The Balaban J connectivity index is 2.54. The van der Waals surface area contributed by atoms with E-state index in [9.17, 15) is 9.59 Å². The molecule has 4 nitrogen and oxygen atoms in total. The molecule has 0 fully saturated rings. The summed E-state index contributed by atoms with van der Waals surface area (Å²) in [5.41, 5.74) is 1.69. The molecule has 0 N–H and O–H groups in total. The second-order valence-electron chi connectivity index (χ2n) is 12.4. The Labute approximate surface area is 191 Å². The van der Waals surface area contributed by atoms with E-state index in [0.29, 0.717) is 37.9 Å². The van der Waals surface area contributed by atoms with Crippen LogP contribution >= 0.6 is 0 Å². The summed E-state index contributed by atoms with van der Waals surface area (Å²) in [6.45, 7) is 20.6. The lowest BCUT2D eigenvalue weighted by atomic mass is 9.80. The Kier molecular flexibility index (Phi) is 10.8. The molecule has 4 heteroatoms. The molecular weight excluding hydrogens is 388 g/mol. The molecule has 0 aromatic rings. The van der Waals surface area contributed by atoms with Crippen molar-refractivity contribution >= 4 is 11.9 Å². The van der Waals surface area contributed by atoms with E-state index in [1.807, 2.05) is 6.92 Å². The maximum Gasteiger partial charge on any atom is 0.310 e. The summed E-state index contributed by atoms with van der Waals surface area (Å²) in [6.07, 6.45) is 7.09. The van der Waals surface area contributed by atoms with Crippen LogP contribution in [0, 0.1) is 34.5 Å². The molecular formula is C27H48O4. The van der Waals surface area contributed by atoms with E-state index in [2.05, 4.69) is 61.5 Å². The average molecular weight is 437 g/mol. The predicted octanol–water partition coefficient (Wildman–Crippen LogP) is 6.97. The molecule has 0 amide bonds. The molecule has 0 aliphatic heterocycles. The minimum atomic E-state index is -0.430. The molecule has 0 saturated heterocycles. The van der Waals surface area contributed by atoms with Crippen molar-refractivity contribution in [1.82, 2.24) is 0 Å². The molecule has 0 aromatic carbocycles. The smallest absolute Gasteiger partial charge is 0.310 e. The Hall–Kier alpha value is -1.32. The van der Waals surface area contributed by atoms with Gasteiger partial charge in [0.15, 0.2) is 0 Å². The van der Waals surface area contributed by atoms with E-state index in [-0.39, 0.29) is 22.8 Å². The maximum absolute atomic E-state index is 12.8. The lowest BCUT2D eigenvalue weighted by molar-refractivity contribution is -0.161. The first kappa shape index (κ1) is 27.7. The number of allylic oxidation sites excluding steroid dienone is 2. The molecule has 4 unspecified atom stereocenters. The molecule has 31 heavy (non-hydrogen) atoms. The predicted molar refractivity (Wildman–Crippen MR) is 128 cm³/mol. The number of hydrogen-bond donors (Lipinski definition) is 0. The van der Waals surface area contributed by atoms with Crippen molar-refractivity contribution in [3.63, 3.8) is 0 Å². The maximum atomic E-state index is 12.8. The van der Waals surface area contributed by atoms with Gasteiger partial charge in [0, 0.05) is 0 Å². The van der Waals surface area contributed by atoms with Gasteiger partial charge in [-0.3, -0.25) is 9.59 Å². The van der Waals surface area contributed by atoms with E-state index in [1.165, 1.54) is 0 Å². The highest BCUT2D eigenvalue weighted by Gasteiger charge is 2.37. The van der Waals surface area contributed by atoms with E-state index >= 15 is 0 Å². The van der Waals surface area contributed by atoms with Crippen LogP contribution in [0.4, 0.5) is 0 Å². The van der Waals surface area contributed by atoms with Crippen LogP contribution in [0.3, 0.4) is 0 Å². The molecule has 180 valence electrons. The fourth-order valence-corrected chi connectivity index (χ4v) is 4.80. The van der Waals surface area contributed by atoms with Gasteiger partial charge in [0.05, 0.1) is 25.0 Å². The van der Waals surface area contributed by atoms with Gasteiger partial charge in [-0.1, -0.05) is 67.0 Å². The van der Waals surface area contributed by atoms with E-state index < -0.39 is 11.8 Å². The molecule has 0 saturated carbocycles. The Bertz CT molecular complexity index is 606. The second-order valence-corrected chi connectivity index (χ2v) is 12.4. The van der Waals surface area contributed by atoms with Gasteiger partial charge in [0.25, 0.3) is 0 Å². The van der Waals surface area contributed by atoms with Crippen molar-refractivity contribution in [3.8, 4) is 0 Å². The normalized spacial score (nSPS) is 21.8. The van der Waals surface area contributed by atoms with Gasteiger partial charge in [-0.15, -0.1) is 0 Å². The van der Waals surface area contributed by atoms with Gasteiger partial charge in [-0.05, 0) is 68.1 Å². The van der Waals surface area contributed by atoms with Crippen molar-refractivity contribution < 1.29 is 19.1 Å². The van der Waals surface area contributed by atoms with Crippen molar-refractivity contribution in [2.75, 3.05) is 13.2 Å². The fourth-order valence-electron chi connectivity index (χ4n) is 4.80. The highest BCUT2D eigenvalue weighted by atomic mass is 16.5. The van der Waals surface area contributed by atoms with Crippen LogP contribution in [0.1, 0.15) is 101 Å². The molecule has 1 rings (SSSR count). The molecule has 0 bridgehead atoms. The first-order chi connectivity index (χ1) is 14.2. The second kappa shape index (κ2) is 12.1. The van der Waals surface area contributed by atoms with Gasteiger partial charge in [0.2, 0.25) is 0 Å². The van der Waals surface area contributed by atoms with Gasteiger partial charge in [-0.25, -0.2) is 0 Å².